The molecule has 1 saturated heterocycles. The van der Waals surface area contributed by atoms with Crippen LogP contribution in [-0.2, 0) is 4.79 Å². The highest BCUT2D eigenvalue weighted by Crippen LogP contribution is 2.09. The van der Waals surface area contributed by atoms with Gasteiger partial charge in [-0.05, 0) is 11.6 Å². The lowest BCUT2D eigenvalue weighted by molar-refractivity contribution is -0.127. The largest absolute Gasteiger partial charge is 0.390 e. The maximum absolute atomic E-state index is 11.9. The first-order valence-electron chi connectivity index (χ1n) is 6.07. The minimum Gasteiger partial charge on any atom is -0.390 e. The van der Waals surface area contributed by atoms with E-state index >= 15 is 0 Å². The van der Waals surface area contributed by atoms with Crippen molar-refractivity contribution in [2.75, 3.05) is 20.1 Å². The Bertz CT molecular complexity index is 431. The number of benzene rings is 1. The van der Waals surface area contributed by atoms with Gasteiger partial charge in [-0.3, -0.25) is 4.79 Å². The van der Waals surface area contributed by atoms with E-state index in [0.717, 1.165) is 5.56 Å². The molecule has 4 heteroatoms. The van der Waals surface area contributed by atoms with Gasteiger partial charge >= 0.3 is 0 Å². The van der Waals surface area contributed by atoms with E-state index in [1.807, 2.05) is 30.3 Å². The molecular formula is C14H18N2O2. The number of rotatable bonds is 3. The van der Waals surface area contributed by atoms with E-state index in [-0.39, 0.29) is 11.9 Å². The Balaban J connectivity index is 1.97. The fourth-order valence-corrected chi connectivity index (χ4v) is 2.06. The molecule has 1 fully saturated rings. The summed E-state index contributed by atoms with van der Waals surface area (Å²) < 4.78 is 0. The Labute approximate surface area is 107 Å². The van der Waals surface area contributed by atoms with Gasteiger partial charge in [-0.25, -0.2) is 0 Å². The van der Waals surface area contributed by atoms with Gasteiger partial charge in [0.1, 0.15) is 0 Å². The maximum atomic E-state index is 11.9. The van der Waals surface area contributed by atoms with Crippen LogP contribution in [0.5, 0.6) is 0 Å². The summed E-state index contributed by atoms with van der Waals surface area (Å²) in [5, 5.41) is 12.8. The molecule has 96 valence electrons. The van der Waals surface area contributed by atoms with Gasteiger partial charge < -0.3 is 15.3 Å². The SMILES string of the molecule is CN(C(=O)/C=C/c1ccccc1)[C@@H]1CNC[C@H]1O. The first kappa shape index (κ1) is 12.8. The number of carbonyl (C=O) groups is 1. The number of β-amino-alcohol motifs (C(OH)–C–C–N with tert-alkyl or cyclic N) is 1. The Morgan fingerprint density at radius 2 is 2.11 bits per heavy atom. The van der Waals surface area contributed by atoms with Gasteiger partial charge in [0.2, 0.25) is 5.91 Å². The van der Waals surface area contributed by atoms with Crippen LogP contribution in [-0.4, -0.2) is 48.2 Å². The first-order valence-corrected chi connectivity index (χ1v) is 6.07. The van der Waals surface area contributed by atoms with Crippen LogP contribution in [0.1, 0.15) is 5.56 Å². The van der Waals surface area contributed by atoms with Crippen LogP contribution in [0.15, 0.2) is 36.4 Å². The van der Waals surface area contributed by atoms with Gasteiger partial charge in [0.25, 0.3) is 0 Å². The van der Waals surface area contributed by atoms with Gasteiger partial charge in [0, 0.05) is 26.2 Å². The monoisotopic (exact) mass is 246 g/mol. The lowest BCUT2D eigenvalue weighted by atomic mass is 10.1. The van der Waals surface area contributed by atoms with Crippen molar-refractivity contribution in [2.45, 2.75) is 12.1 Å². The normalized spacial score (nSPS) is 23.4. The average molecular weight is 246 g/mol. The van der Waals surface area contributed by atoms with Crippen molar-refractivity contribution in [3.8, 4) is 0 Å². The molecule has 2 atom stereocenters. The second-order valence-electron chi connectivity index (χ2n) is 4.49. The van der Waals surface area contributed by atoms with Crippen LogP contribution in [0.3, 0.4) is 0 Å². The second-order valence-corrected chi connectivity index (χ2v) is 4.49. The zero-order valence-corrected chi connectivity index (χ0v) is 10.4. The fourth-order valence-electron chi connectivity index (χ4n) is 2.06. The molecule has 2 N–H and O–H groups in total. The number of carbonyl (C=O) groups excluding carboxylic acids is 1. The highest BCUT2D eigenvalue weighted by Gasteiger charge is 2.30. The van der Waals surface area contributed by atoms with Crippen LogP contribution in [0.4, 0.5) is 0 Å². The van der Waals surface area contributed by atoms with Crippen molar-refractivity contribution in [3.05, 3.63) is 42.0 Å². The van der Waals surface area contributed by atoms with E-state index in [4.69, 9.17) is 0 Å². The number of nitrogens with zero attached hydrogens (tertiary/aromatic N) is 1. The molecule has 18 heavy (non-hydrogen) atoms. The lowest BCUT2D eigenvalue weighted by Crippen LogP contribution is -2.43. The molecule has 0 bridgehead atoms. The van der Waals surface area contributed by atoms with Crippen LogP contribution < -0.4 is 5.32 Å². The van der Waals surface area contributed by atoms with Crippen molar-refractivity contribution in [2.24, 2.45) is 0 Å². The summed E-state index contributed by atoms with van der Waals surface area (Å²) in [5.74, 6) is -0.0911. The molecule has 1 aromatic rings. The lowest BCUT2D eigenvalue weighted by Gasteiger charge is -2.25. The van der Waals surface area contributed by atoms with Crippen molar-refractivity contribution >= 4 is 12.0 Å². The highest BCUT2D eigenvalue weighted by atomic mass is 16.3. The standard InChI is InChI=1S/C14H18N2O2/c1-16(12-9-15-10-13(12)17)14(18)8-7-11-5-3-2-4-6-11/h2-8,12-13,15,17H,9-10H2,1H3/b8-7+/t12-,13-/m1/s1. The van der Waals surface area contributed by atoms with Crippen LogP contribution in [0.2, 0.25) is 0 Å². The third-order valence-corrected chi connectivity index (χ3v) is 3.21. The number of amides is 1. The Morgan fingerprint density at radius 1 is 1.39 bits per heavy atom. The summed E-state index contributed by atoms with van der Waals surface area (Å²) >= 11 is 0. The van der Waals surface area contributed by atoms with E-state index < -0.39 is 6.10 Å². The van der Waals surface area contributed by atoms with E-state index in [1.165, 1.54) is 0 Å². The third-order valence-electron chi connectivity index (χ3n) is 3.21. The number of aliphatic hydroxyl groups excluding tert-OH is 1. The maximum Gasteiger partial charge on any atom is 0.246 e. The zero-order chi connectivity index (χ0) is 13.0. The number of likely N-dealkylation sites (N-methyl/N-ethyl adjacent to an activating group) is 1. The molecular weight excluding hydrogens is 228 g/mol. The summed E-state index contributed by atoms with van der Waals surface area (Å²) in [6, 6.07) is 9.53. The van der Waals surface area contributed by atoms with Crippen molar-refractivity contribution in [1.29, 1.82) is 0 Å². The summed E-state index contributed by atoms with van der Waals surface area (Å²) in [7, 11) is 1.72. The van der Waals surface area contributed by atoms with Gasteiger partial charge in [0.05, 0.1) is 12.1 Å². The molecule has 1 heterocycles. The van der Waals surface area contributed by atoms with Crippen LogP contribution in [0, 0.1) is 0 Å². The summed E-state index contributed by atoms with van der Waals surface area (Å²) in [6.45, 7) is 1.19. The van der Waals surface area contributed by atoms with Crippen molar-refractivity contribution in [3.63, 3.8) is 0 Å². The van der Waals surface area contributed by atoms with Crippen molar-refractivity contribution in [1.82, 2.24) is 10.2 Å². The van der Waals surface area contributed by atoms with Crippen molar-refractivity contribution < 1.29 is 9.90 Å². The smallest absolute Gasteiger partial charge is 0.246 e. The number of aliphatic hydroxyl groups is 1. The molecule has 0 aliphatic carbocycles. The first-order chi connectivity index (χ1) is 8.68. The van der Waals surface area contributed by atoms with E-state index in [1.54, 1.807) is 24.1 Å². The Kier molecular flexibility index (Phi) is 4.12. The van der Waals surface area contributed by atoms with Crippen LogP contribution >= 0.6 is 0 Å². The third kappa shape index (κ3) is 2.97. The highest BCUT2D eigenvalue weighted by molar-refractivity contribution is 5.91. The molecule has 1 aliphatic rings. The molecule has 1 amide bonds. The van der Waals surface area contributed by atoms with E-state index in [9.17, 15) is 9.90 Å². The predicted molar refractivity (Wildman–Crippen MR) is 70.9 cm³/mol. The van der Waals surface area contributed by atoms with Gasteiger partial charge in [0.15, 0.2) is 0 Å². The van der Waals surface area contributed by atoms with Crippen LogP contribution in [0.25, 0.3) is 6.08 Å². The molecule has 1 aliphatic heterocycles. The van der Waals surface area contributed by atoms with E-state index in [2.05, 4.69) is 5.32 Å². The molecule has 0 radical (unpaired) electrons. The Hall–Kier alpha value is -1.65. The van der Waals surface area contributed by atoms with Gasteiger partial charge in [-0.2, -0.15) is 0 Å². The van der Waals surface area contributed by atoms with Gasteiger partial charge in [-0.1, -0.05) is 30.3 Å². The summed E-state index contributed by atoms with van der Waals surface area (Å²) in [6.07, 6.45) is 2.85. The second kappa shape index (κ2) is 5.80. The number of nitrogens with one attached hydrogen (secondary N) is 1. The molecule has 0 spiro atoms. The molecule has 0 saturated carbocycles. The molecule has 2 rings (SSSR count). The molecule has 1 aromatic carbocycles. The predicted octanol–water partition coefficient (Wildman–Crippen LogP) is 0.491. The zero-order valence-electron chi connectivity index (χ0n) is 10.4. The average Bonchev–Trinajstić information content (AvgIpc) is 2.82. The molecule has 4 nitrogen and oxygen atoms in total. The Morgan fingerprint density at radius 3 is 2.72 bits per heavy atom. The number of hydrogen-bond donors (Lipinski definition) is 2. The summed E-state index contributed by atoms with van der Waals surface area (Å²) in [4.78, 5) is 13.5. The van der Waals surface area contributed by atoms with E-state index in [0.29, 0.717) is 13.1 Å². The summed E-state index contributed by atoms with van der Waals surface area (Å²) in [5.41, 5.74) is 0.990. The number of hydrogen-bond acceptors (Lipinski definition) is 3. The molecule has 0 unspecified atom stereocenters. The fraction of sp³-hybridized carbons (Fsp3) is 0.357. The minimum atomic E-state index is -0.482. The van der Waals surface area contributed by atoms with Gasteiger partial charge in [-0.15, -0.1) is 0 Å². The topological polar surface area (TPSA) is 52.6 Å². The quantitative estimate of drug-likeness (QED) is 0.763. The molecule has 0 aromatic heterocycles. The minimum absolute atomic E-state index is 0.0911.